The summed E-state index contributed by atoms with van der Waals surface area (Å²) >= 11 is 0. The summed E-state index contributed by atoms with van der Waals surface area (Å²) in [6, 6.07) is 28.4. The lowest BCUT2D eigenvalue weighted by molar-refractivity contribution is 0.515. The maximum absolute atomic E-state index is 10.1. The van der Waals surface area contributed by atoms with Crippen molar-refractivity contribution in [1.82, 2.24) is 0 Å². The average Bonchev–Trinajstić information content (AvgIpc) is 2.90. The van der Waals surface area contributed by atoms with Crippen LogP contribution in [0, 0.1) is 0 Å². The normalized spacial score (nSPS) is 13.1. The average molecular weight is 595 g/mol. The van der Waals surface area contributed by atoms with E-state index in [4.69, 9.17) is 4.52 Å². The largest absolute Gasteiger partial charge is 0.449 e. The highest BCUT2D eigenvalue weighted by Gasteiger charge is 2.33. The molecule has 0 aromatic heterocycles. The fourth-order valence-corrected chi connectivity index (χ4v) is 6.79. The summed E-state index contributed by atoms with van der Waals surface area (Å²) in [4.78, 5) is 10.1. The van der Waals surface area contributed by atoms with Crippen molar-refractivity contribution in [3.63, 3.8) is 0 Å². The standard InChI is InChI=1S/C40H51O2P/c1-37(2,3)30-22-16-20-28(35(30)39(7,8)9)27-24-25-32(42-43-41)33(26-18-14-13-15-19-26)34(27)29-21-17-23-31(38(4,5)6)36(29)40(10,11)12/h13-25,41,43H,1-12H3. The van der Waals surface area contributed by atoms with E-state index in [1.165, 1.54) is 38.9 Å². The minimum absolute atomic E-state index is 0.0230. The molecule has 43 heavy (non-hydrogen) atoms. The zero-order valence-corrected chi connectivity index (χ0v) is 29.4. The van der Waals surface area contributed by atoms with Gasteiger partial charge in [0.2, 0.25) is 9.03 Å². The van der Waals surface area contributed by atoms with E-state index in [2.05, 4.69) is 150 Å². The molecule has 1 N–H and O–H groups in total. The predicted molar refractivity (Wildman–Crippen MR) is 189 cm³/mol. The van der Waals surface area contributed by atoms with Crippen molar-refractivity contribution in [2.75, 3.05) is 0 Å². The molecule has 0 saturated heterocycles. The summed E-state index contributed by atoms with van der Waals surface area (Å²) in [6.07, 6.45) is 0. The lowest BCUT2D eigenvalue weighted by atomic mass is 9.69. The molecular weight excluding hydrogens is 543 g/mol. The molecule has 0 fully saturated rings. The van der Waals surface area contributed by atoms with Gasteiger partial charge >= 0.3 is 0 Å². The van der Waals surface area contributed by atoms with Crippen LogP contribution in [0.4, 0.5) is 0 Å². The Morgan fingerprint density at radius 3 is 1.42 bits per heavy atom. The van der Waals surface area contributed by atoms with Gasteiger partial charge in [-0.3, -0.25) is 0 Å². The van der Waals surface area contributed by atoms with Crippen LogP contribution in [0.2, 0.25) is 0 Å². The number of rotatable bonds is 5. The molecule has 3 heteroatoms. The zero-order valence-electron chi connectivity index (χ0n) is 28.4. The fraction of sp³-hybridized carbons (Fsp3) is 0.400. The minimum atomic E-state index is -0.652. The van der Waals surface area contributed by atoms with Crippen molar-refractivity contribution >= 4 is 9.03 Å². The van der Waals surface area contributed by atoms with Crippen molar-refractivity contribution < 1.29 is 9.42 Å². The Labute approximate surface area is 262 Å². The summed E-state index contributed by atoms with van der Waals surface area (Å²) < 4.78 is 6.03. The molecule has 0 saturated carbocycles. The molecule has 4 rings (SSSR count). The second-order valence-corrected chi connectivity index (χ2v) is 16.3. The number of hydrogen-bond donors (Lipinski definition) is 1. The number of hydrogen-bond acceptors (Lipinski definition) is 2. The molecule has 0 bridgehead atoms. The first kappa shape index (κ1) is 33.0. The molecule has 0 radical (unpaired) electrons. The molecule has 2 nitrogen and oxygen atoms in total. The van der Waals surface area contributed by atoms with Crippen molar-refractivity contribution in [2.45, 2.75) is 105 Å². The lowest BCUT2D eigenvalue weighted by Gasteiger charge is -2.35. The third-order valence-electron chi connectivity index (χ3n) is 8.19. The highest BCUT2D eigenvalue weighted by atomic mass is 31.1. The molecule has 0 spiro atoms. The molecule has 0 aliphatic rings. The van der Waals surface area contributed by atoms with Gasteiger partial charge in [-0.2, -0.15) is 0 Å². The smallest absolute Gasteiger partial charge is 0.212 e. The van der Waals surface area contributed by atoms with Crippen LogP contribution in [0.5, 0.6) is 5.75 Å². The van der Waals surface area contributed by atoms with E-state index in [-0.39, 0.29) is 21.7 Å². The summed E-state index contributed by atoms with van der Waals surface area (Å²) in [7, 11) is -0.652. The van der Waals surface area contributed by atoms with Crippen LogP contribution in [0.25, 0.3) is 33.4 Å². The SMILES string of the molecule is CC(C)(C)c1cccc(-c2ccc(OPO)c(-c3ccccc3)c2-c2cccc(C(C)(C)C)c2C(C)(C)C)c1C(C)(C)C. The van der Waals surface area contributed by atoms with Crippen LogP contribution in [0.1, 0.15) is 105 Å². The van der Waals surface area contributed by atoms with Crippen molar-refractivity contribution in [1.29, 1.82) is 0 Å². The summed E-state index contributed by atoms with van der Waals surface area (Å²) in [5, 5.41) is 0. The Kier molecular flexibility index (Phi) is 9.10. The maximum atomic E-state index is 10.1. The first-order chi connectivity index (χ1) is 19.9. The monoisotopic (exact) mass is 594 g/mol. The highest BCUT2D eigenvalue weighted by molar-refractivity contribution is 7.25. The predicted octanol–water partition coefficient (Wildman–Crippen LogP) is 11.8. The molecular formula is C40H51O2P. The molecule has 1 atom stereocenters. The first-order valence-electron chi connectivity index (χ1n) is 15.4. The number of benzene rings is 4. The molecule has 0 aliphatic carbocycles. The van der Waals surface area contributed by atoms with Crippen LogP contribution in [0.3, 0.4) is 0 Å². The lowest BCUT2D eigenvalue weighted by Crippen LogP contribution is -2.24. The molecule has 4 aromatic rings. The van der Waals surface area contributed by atoms with E-state index in [0.717, 1.165) is 16.7 Å². The van der Waals surface area contributed by atoms with Gasteiger partial charge in [-0.1, -0.05) is 156 Å². The van der Waals surface area contributed by atoms with E-state index in [0.29, 0.717) is 5.75 Å². The summed E-state index contributed by atoms with van der Waals surface area (Å²) in [5.41, 5.74) is 12.0. The molecule has 228 valence electrons. The Morgan fingerprint density at radius 2 is 0.953 bits per heavy atom. The van der Waals surface area contributed by atoms with Gasteiger partial charge in [0.25, 0.3) is 0 Å². The van der Waals surface area contributed by atoms with E-state index >= 15 is 0 Å². The van der Waals surface area contributed by atoms with Crippen molar-refractivity contribution in [3.05, 3.63) is 101 Å². The second kappa shape index (κ2) is 11.9. The van der Waals surface area contributed by atoms with Crippen LogP contribution in [0.15, 0.2) is 78.9 Å². The van der Waals surface area contributed by atoms with Gasteiger partial charge in [0.1, 0.15) is 5.75 Å². The summed E-state index contributed by atoms with van der Waals surface area (Å²) in [6.45, 7) is 27.8. The third kappa shape index (κ3) is 6.77. The van der Waals surface area contributed by atoms with Gasteiger partial charge in [0, 0.05) is 11.1 Å². The Hall–Kier alpha value is -2.93. The van der Waals surface area contributed by atoms with Crippen LogP contribution >= 0.6 is 9.03 Å². The molecule has 0 heterocycles. The van der Waals surface area contributed by atoms with Gasteiger partial charge in [0.05, 0.1) is 0 Å². The van der Waals surface area contributed by atoms with Gasteiger partial charge in [-0.25, -0.2) is 0 Å². The van der Waals surface area contributed by atoms with Crippen LogP contribution in [-0.2, 0) is 21.7 Å². The topological polar surface area (TPSA) is 29.5 Å². The molecule has 0 aliphatic heterocycles. The maximum Gasteiger partial charge on any atom is 0.212 e. The van der Waals surface area contributed by atoms with E-state index < -0.39 is 9.03 Å². The van der Waals surface area contributed by atoms with Crippen LogP contribution < -0.4 is 4.52 Å². The Bertz CT molecular complexity index is 1590. The van der Waals surface area contributed by atoms with E-state index in [1.807, 2.05) is 12.1 Å². The van der Waals surface area contributed by atoms with Crippen LogP contribution in [-0.4, -0.2) is 4.89 Å². The van der Waals surface area contributed by atoms with Gasteiger partial charge in [-0.05, 0) is 72.2 Å². The summed E-state index contributed by atoms with van der Waals surface area (Å²) in [5.74, 6) is 0.691. The van der Waals surface area contributed by atoms with Crippen molar-refractivity contribution in [3.8, 4) is 39.1 Å². The molecule has 0 amide bonds. The van der Waals surface area contributed by atoms with Gasteiger partial charge in [-0.15, -0.1) is 0 Å². The van der Waals surface area contributed by atoms with Crippen molar-refractivity contribution in [2.24, 2.45) is 0 Å². The fourth-order valence-electron chi connectivity index (χ4n) is 6.52. The van der Waals surface area contributed by atoms with Gasteiger partial charge in [0.15, 0.2) is 0 Å². The highest BCUT2D eigenvalue weighted by Crippen LogP contribution is 2.52. The Balaban J connectivity index is 2.33. The first-order valence-corrected chi connectivity index (χ1v) is 16.3. The Morgan fingerprint density at radius 1 is 0.465 bits per heavy atom. The third-order valence-corrected chi connectivity index (χ3v) is 8.50. The van der Waals surface area contributed by atoms with Gasteiger partial charge < -0.3 is 9.42 Å². The zero-order chi connectivity index (χ0) is 32.0. The molecule has 4 aromatic carbocycles. The van der Waals surface area contributed by atoms with E-state index in [1.54, 1.807) is 0 Å². The minimum Gasteiger partial charge on any atom is -0.449 e. The molecule has 1 unspecified atom stereocenters. The second-order valence-electron chi connectivity index (χ2n) is 15.9. The quantitative estimate of drug-likeness (QED) is 0.233. The van der Waals surface area contributed by atoms with E-state index in [9.17, 15) is 4.89 Å².